The van der Waals surface area contributed by atoms with Crippen molar-refractivity contribution in [2.24, 2.45) is 5.10 Å². The fourth-order valence-corrected chi connectivity index (χ4v) is 2.36. The molecule has 27 heavy (non-hydrogen) atoms. The summed E-state index contributed by atoms with van der Waals surface area (Å²) in [5, 5.41) is 3.94. The second-order valence-corrected chi connectivity index (χ2v) is 6.53. The third-order valence-electron chi connectivity index (χ3n) is 3.83. The lowest BCUT2D eigenvalue weighted by Crippen LogP contribution is -2.21. The van der Waals surface area contributed by atoms with Crippen LogP contribution in [0.3, 0.4) is 0 Å². The maximum atomic E-state index is 12.4. The number of ether oxygens (including phenoxy) is 1. The molecule has 1 amide bonds. The summed E-state index contributed by atoms with van der Waals surface area (Å²) >= 11 is 0. The van der Waals surface area contributed by atoms with Gasteiger partial charge < -0.3 is 4.74 Å². The quantitative estimate of drug-likeness (QED) is 0.320. The van der Waals surface area contributed by atoms with Crippen LogP contribution in [0.1, 0.15) is 72.6 Å². The van der Waals surface area contributed by atoms with Crippen molar-refractivity contribution in [3.05, 3.63) is 51.9 Å². The van der Waals surface area contributed by atoms with Gasteiger partial charge in [-0.2, -0.15) is 5.10 Å². The molecule has 0 fully saturated rings. The van der Waals surface area contributed by atoms with Crippen LogP contribution in [0.5, 0.6) is 0 Å². The highest BCUT2D eigenvalue weighted by atomic mass is 16.5. The first kappa shape index (κ1) is 22.3. The molecule has 0 bridgehead atoms. The molecule has 0 aliphatic rings. The Morgan fingerprint density at radius 3 is 2.48 bits per heavy atom. The number of esters is 1. The highest BCUT2D eigenvalue weighted by molar-refractivity contribution is 5.99. The molecule has 6 nitrogen and oxygen atoms in total. The van der Waals surface area contributed by atoms with E-state index in [1.807, 2.05) is 13.0 Å². The molecule has 0 aromatic carbocycles. The summed E-state index contributed by atoms with van der Waals surface area (Å²) in [6.45, 7) is 11.6. The number of hydrogen-bond donors (Lipinski definition) is 1. The van der Waals surface area contributed by atoms with Crippen molar-refractivity contribution in [2.45, 2.75) is 54.4 Å². The third-order valence-corrected chi connectivity index (χ3v) is 3.83. The van der Waals surface area contributed by atoms with Crippen LogP contribution >= 0.6 is 0 Å². The van der Waals surface area contributed by atoms with Gasteiger partial charge in [0.1, 0.15) is 0 Å². The van der Waals surface area contributed by atoms with E-state index < -0.39 is 11.9 Å². The summed E-state index contributed by atoms with van der Waals surface area (Å²) in [7, 11) is 0. The highest BCUT2D eigenvalue weighted by Crippen LogP contribution is 2.14. The van der Waals surface area contributed by atoms with Gasteiger partial charge in [-0.1, -0.05) is 17.2 Å². The first-order valence-corrected chi connectivity index (χ1v) is 9.04. The van der Waals surface area contributed by atoms with E-state index in [4.69, 9.17) is 4.74 Å². The predicted octanol–water partition coefficient (Wildman–Crippen LogP) is 4.28. The number of aryl methyl sites for hydroxylation is 2. The van der Waals surface area contributed by atoms with Crippen LogP contribution in [0.25, 0.3) is 0 Å². The Kier molecular flexibility index (Phi) is 9.13. The van der Waals surface area contributed by atoms with Gasteiger partial charge in [-0.3, -0.25) is 9.78 Å². The van der Waals surface area contributed by atoms with E-state index in [9.17, 15) is 9.59 Å². The standard InChI is InChI=1S/C21H29N3O3/c1-7-27-21(26)19-13-18(16(5)23-17(19)6)20(25)24-22-12-11-15(4)10-8-9-14(2)3/h9,11-13H,7-8,10H2,1-6H3,(H,24,25)/b15-11+,22-12+. The minimum Gasteiger partial charge on any atom is -0.462 e. The molecule has 0 radical (unpaired) electrons. The van der Waals surface area contributed by atoms with Crippen molar-refractivity contribution in [2.75, 3.05) is 6.61 Å². The zero-order valence-electron chi connectivity index (χ0n) is 17.0. The Balaban J connectivity index is 2.78. The maximum Gasteiger partial charge on any atom is 0.339 e. The van der Waals surface area contributed by atoms with E-state index in [2.05, 4.69) is 35.4 Å². The van der Waals surface area contributed by atoms with Crippen molar-refractivity contribution in [3.63, 3.8) is 0 Å². The fourth-order valence-electron chi connectivity index (χ4n) is 2.36. The van der Waals surface area contributed by atoms with Crippen molar-refractivity contribution in [1.29, 1.82) is 0 Å². The topological polar surface area (TPSA) is 80.7 Å². The van der Waals surface area contributed by atoms with E-state index in [-0.39, 0.29) is 12.2 Å². The van der Waals surface area contributed by atoms with Crippen molar-refractivity contribution < 1.29 is 14.3 Å². The second-order valence-electron chi connectivity index (χ2n) is 6.53. The number of rotatable bonds is 8. The number of allylic oxidation sites excluding steroid dienone is 4. The first-order chi connectivity index (χ1) is 12.8. The first-order valence-electron chi connectivity index (χ1n) is 9.04. The number of amides is 1. The Morgan fingerprint density at radius 2 is 1.85 bits per heavy atom. The number of hydrogen-bond acceptors (Lipinski definition) is 5. The molecular formula is C21H29N3O3. The molecule has 146 valence electrons. The van der Waals surface area contributed by atoms with E-state index in [1.165, 1.54) is 17.2 Å². The predicted molar refractivity (Wildman–Crippen MR) is 108 cm³/mol. The Bertz CT molecular complexity index is 773. The largest absolute Gasteiger partial charge is 0.462 e. The Labute approximate surface area is 161 Å². The molecule has 6 heteroatoms. The number of nitrogens with zero attached hydrogens (tertiary/aromatic N) is 2. The molecule has 1 heterocycles. The van der Waals surface area contributed by atoms with Gasteiger partial charge in [0, 0.05) is 6.21 Å². The van der Waals surface area contributed by atoms with Gasteiger partial charge >= 0.3 is 5.97 Å². The number of pyridine rings is 1. The van der Waals surface area contributed by atoms with E-state index in [0.29, 0.717) is 17.0 Å². The molecule has 1 aromatic heterocycles. The molecule has 0 spiro atoms. The molecule has 0 aliphatic heterocycles. The lowest BCUT2D eigenvalue weighted by molar-refractivity contribution is 0.0525. The summed E-state index contributed by atoms with van der Waals surface area (Å²) < 4.78 is 5.00. The van der Waals surface area contributed by atoms with Gasteiger partial charge in [0.25, 0.3) is 5.91 Å². The average molecular weight is 371 g/mol. The van der Waals surface area contributed by atoms with E-state index in [1.54, 1.807) is 27.0 Å². The molecular weight excluding hydrogens is 342 g/mol. The molecule has 1 aromatic rings. The summed E-state index contributed by atoms with van der Waals surface area (Å²) in [6, 6.07) is 1.50. The molecule has 1 N–H and O–H groups in total. The maximum absolute atomic E-state index is 12.4. The van der Waals surface area contributed by atoms with Crippen LogP contribution in [0.4, 0.5) is 0 Å². The van der Waals surface area contributed by atoms with Gasteiger partial charge in [-0.15, -0.1) is 0 Å². The van der Waals surface area contributed by atoms with Crippen LogP contribution in [0.15, 0.2) is 34.5 Å². The smallest absolute Gasteiger partial charge is 0.339 e. The summed E-state index contributed by atoms with van der Waals surface area (Å²) in [6.07, 6.45) is 7.53. The van der Waals surface area contributed by atoms with Gasteiger partial charge in [0.05, 0.1) is 29.1 Å². The zero-order valence-corrected chi connectivity index (χ0v) is 17.0. The number of nitrogens with one attached hydrogen (secondary N) is 1. The number of aromatic nitrogens is 1. The Hall–Kier alpha value is -2.76. The van der Waals surface area contributed by atoms with E-state index in [0.717, 1.165) is 12.8 Å². The lowest BCUT2D eigenvalue weighted by atomic mass is 10.1. The van der Waals surface area contributed by atoms with Crippen molar-refractivity contribution in [1.82, 2.24) is 10.4 Å². The Morgan fingerprint density at radius 1 is 1.19 bits per heavy atom. The van der Waals surface area contributed by atoms with Crippen LogP contribution in [-0.2, 0) is 4.74 Å². The highest BCUT2D eigenvalue weighted by Gasteiger charge is 2.17. The van der Waals surface area contributed by atoms with Crippen molar-refractivity contribution >= 4 is 18.1 Å². The van der Waals surface area contributed by atoms with Gasteiger partial charge in [-0.05, 0) is 66.5 Å². The minimum atomic E-state index is -0.491. The fraction of sp³-hybridized carbons (Fsp3) is 0.429. The van der Waals surface area contributed by atoms with Crippen LogP contribution in [0.2, 0.25) is 0 Å². The molecule has 0 aliphatic carbocycles. The molecule has 0 saturated carbocycles. The van der Waals surface area contributed by atoms with E-state index >= 15 is 0 Å². The van der Waals surface area contributed by atoms with Crippen LogP contribution < -0.4 is 5.43 Å². The molecule has 0 saturated heterocycles. The minimum absolute atomic E-state index is 0.261. The normalized spacial score (nSPS) is 11.4. The number of carbonyl (C=O) groups excluding carboxylic acids is 2. The van der Waals surface area contributed by atoms with Crippen LogP contribution in [0, 0.1) is 13.8 Å². The monoisotopic (exact) mass is 371 g/mol. The molecule has 1 rings (SSSR count). The second kappa shape index (κ2) is 11.1. The zero-order chi connectivity index (χ0) is 20.4. The summed E-state index contributed by atoms with van der Waals surface area (Å²) in [4.78, 5) is 28.6. The third kappa shape index (κ3) is 7.56. The van der Waals surface area contributed by atoms with Crippen molar-refractivity contribution in [3.8, 4) is 0 Å². The van der Waals surface area contributed by atoms with Crippen LogP contribution in [-0.4, -0.2) is 29.7 Å². The van der Waals surface area contributed by atoms with Gasteiger partial charge in [0.2, 0.25) is 0 Å². The summed E-state index contributed by atoms with van der Waals surface area (Å²) in [5.74, 6) is -0.910. The SMILES string of the molecule is CCOC(=O)c1cc(C(=O)N/N=C/C=C(\C)CCC=C(C)C)c(C)nc1C. The number of hydrazone groups is 1. The average Bonchev–Trinajstić information content (AvgIpc) is 2.58. The molecule has 0 unspecified atom stereocenters. The lowest BCUT2D eigenvalue weighted by Gasteiger charge is -2.09. The summed E-state index contributed by atoms with van der Waals surface area (Å²) in [5.41, 5.74) is 6.58. The van der Waals surface area contributed by atoms with Gasteiger partial charge in [-0.25, -0.2) is 10.2 Å². The number of carbonyl (C=O) groups is 2. The molecule has 0 atom stereocenters. The van der Waals surface area contributed by atoms with Gasteiger partial charge in [0.15, 0.2) is 0 Å².